The molecule has 2 unspecified atom stereocenters. The van der Waals surface area contributed by atoms with Gasteiger partial charge in [-0.25, -0.2) is 0 Å². The molecule has 60 valence electrons. The largest absolute Gasteiger partial charge is 0.480 e. The first-order chi connectivity index (χ1) is 5.07. The highest BCUT2D eigenvalue weighted by Gasteiger charge is 2.38. The van der Waals surface area contributed by atoms with Crippen molar-refractivity contribution in [2.24, 2.45) is 5.92 Å². The second kappa shape index (κ2) is 2.81. The van der Waals surface area contributed by atoms with Crippen molar-refractivity contribution >= 4 is 21.9 Å². The summed E-state index contributed by atoms with van der Waals surface area (Å²) < 4.78 is -0.901. The summed E-state index contributed by atoms with van der Waals surface area (Å²) >= 11 is 3.19. The zero-order valence-corrected chi connectivity index (χ0v) is 7.71. The van der Waals surface area contributed by atoms with Gasteiger partial charge in [0.25, 0.3) is 0 Å². The standard InChI is InChI=1S/C8H9BrO2/c1-6-4-2-3-5-8(6,9)7(10)11/h2-6H,1H3,(H,10,11). The third-order valence-electron chi connectivity index (χ3n) is 1.84. The van der Waals surface area contributed by atoms with E-state index in [9.17, 15) is 4.79 Å². The van der Waals surface area contributed by atoms with Crippen molar-refractivity contribution in [3.05, 3.63) is 24.3 Å². The minimum atomic E-state index is -0.901. The lowest BCUT2D eigenvalue weighted by Crippen LogP contribution is -2.36. The van der Waals surface area contributed by atoms with Gasteiger partial charge in [0.05, 0.1) is 0 Å². The smallest absolute Gasteiger partial charge is 0.324 e. The molecule has 2 nitrogen and oxygen atoms in total. The Hall–Kier alpha value is -0.570. The van der Waals surface area contributed by atoms with Gasteiger partial charge >= 0.3 is 5.97 Å². The molecule has 3 heteroatoms. The van der Waals surface area contributed by atoms with Gasteiger partial charge in [-0.05, 0) is 0 Å². The summed E-state index contributed by atoms with van der Waals surface area (Å²) in [6, 6.07) is 0. The molecule has 0 bridgehead atoms. The Bertz CT molecular complexity index is 232. The SMILES string of the molecule is CC1C=CC=CC1(Br)C(=O)O. The molecule has 0 spiro atoms. The maximum atomic E-state index is 10.8. The van der Waals surface area contributed by atoms with Gasteiger partial charge in [-0.3, -0.25) is 4.79 Å². The van der Waals surface area contributed by atoms with Crippen LogP contribution >= 0.6 is 15.9 Å². The van der Waals surface area contributed by atoms with Gasteiger partial charge in [-0.2, -0.15) is 0 Å². The van der Waals surface area contributed by atoms with E-state index in [1.165, 1.54) is 0 Å². The predicted octanol–water partition coefficient (Wildman–Crippen LogP) is 1.97. The summed E-state index contributed by atoms with van der Waals surface area (Å²) in [5.41, 5.74) is 0. The van der Waals surface area contributed by atoms with Crippen LogP contribution in [0.1, 0.15) is 6.92 Å². The molecule has 1 rings (SSSR count). The Labute approximate surface area is 73.7 Å². The Morgan fingerprint density at radius 2 is 2.27 bits per heavy atom. The zero-order valence-electron chi connectivity index (χ0n) is 6.12. The van der Waals surface area contributed by atoms with Gasteiger partial charge in [0, 0.05) is 5.92 Å². The maximum Gasteiger partial charge on any atom is 0.324 e. The molecule has 2 atom stereocenters. The van der Waals surface area contributed by atoms with E-state index in [1.54, 1.807) is 12.2 Å². The van der Waals surface area contributed by atoms with E-state index in [4.69, 9.17) is 5.11 Å². The Balaban J connectivity index is 2.94. The van der Waals surface area contributed by atoms with Gasteiger partial charge in [0.15, 0.2) is 0 Å². The number of carboxylic acids is 1. The van der Waals surface area contributed by atoms with Crippen molar-refractivity contribution in [1.29, 1.82) is 0 Å². The maximum absolute atomic E-state index is 10.8. The topological polar surface area (TPSA) is 37.3 Å². The molecule has 0 fully saturated rings. The van der Waals surface area contributed by atoms with Crippen molar-refractivity contribution in [1.82, 2.24) is 0 Å². The number of rotatable bonds is 1. The van der Waals surface area contributed by atoms with Crippen LogP contribution in [0.25, 0.3) is 0 Å². The summed E-state index contributed by atoms with van der Waals surface area (Å²) in [6.45, 7) is 1.86. The number of hydrogen-bond donors (Lipinski definition) is 1. The van der Waals surface area contributed by atoms with Crippen LogP contribution in [0.2, 0.25) is 0 Å². The van der Waals surface area contributed by atoms with Gasteiger partial charge in [0.2, 0.25) is 0 Å². The van der Waals surface area contributed by atoms with E-state index in [1.807, 2.05) is 19.1 Å². The first kappa shape index (κ1) is 8.53. The molecule has 0 aliphatic heterocycles. The van der Waals surface area contributed by atoms with Gasteiger partial charge in [-0.15, -0.1) is 0 Å². The van der Waals surface area contributed by atoms with E-state index in [0.717, 1.165) is 0 Å². The van der Waals surface area contributed by atoms with Crippen molar-refractivity contribution in [3.8, 4) is 0 Å². The molecule has 11 heavy (non-hydrogen) atoms. The molecule has 0 aromatic rings. The number of alkyl halides is 1. The van der Waals surface area contributed by atoms with Crippen LogP contribution in [0.5, 0.6) is 0 Å². The molecule has 0 aromatic heterocycles. The van der Waals surface area contributed by atoms with Crippen molar-refractivity contribution in [2.45, 2.75) is 11.2 Å². The molecule has 0 saturated heterocycles. The lowest BCUT2D eigenvalue weighted by Gasteiger charge is -2.25. The van der Waals surface area contributed by atoms with Crippen LogP contribution in [0.15, 0.2) is 24.3 Å². The van der Waals surface area contributed by atoms with Crippen LogP contribution in [0.3, 0.4) is 0 Å². The van der Waals surface area contributed by atoms with Crippen LogP contribution in [-0.2, 0) is 4.79 Å². The Morgan fingerprint density at radius 1 is 1.64 bits per heavy atom. The van der Waals surface area contributed by atoms with E-state index in [0.29, 0.717) is 0 Å². The number of hydrogen-bond acceptors (Lipinski definition) is 1. The highest BCUT2D eigenvalue weighted by atomic mass is 79.9. The van der Waals surface area contributed by atoms with E-state index in [2.05, 4.69) is 15.9 Å². The predicted molar refractivity (Wildman–Crippen MR) is 46.7 cm³/mol. The molecule has 1 N–H and O–H groups in total. The molecule has 0 amide bonds. The molecule has 1 aliphatic carbocycles. The van der Waals surface area contributed by atoms with Gasteiger partial charge in [-0.1, -0.05) is 47.2 Å². The fourth-order valence-electron chi connectivity index (χ4n) is 0.984. The van der Waals surface area contributed by atoms with Crippen molar-refractivity contribution in [3.63, 3.8) is 0 Å². The van der Waals surface area contributed by atoms with Crippen LogP contribution in [-0.4, -0.2) is 15.4 Å². The van der Waals surface area contributed by atoms with Gasteiger partial charge in [0.1, 0.15) is 4.32 Å². The van der Waals surface area contributed by atoms with Crippen molar-refractivity contribution in [2.75, 3.05) is 0 Å². The second-order valence-electron chi connectivity index (χ2n) is 2.61. The van der Waals surface area contributed by atoms with E-state index in [-0.39, 0.29) is 5.92 Å². The number of carbonyl (C=O) groups is 1. The lowest BCUT2D eigenvalue weighted by molar-refractivity contribution is -0.139. The van der Waals surface area contributed by atoms with Crippen LogP contribution in [0.4, 0.5) is 0 Å². The lowest BCUT2D eigenvalue weighted by atomic mass is 9.90. The Kier molecular flexibility index (Phi) is 2.18. The third kappa shape index (κ3) is 1.38. The molecule has 0 heterocycles. The molecule has 0 saturated carbocycles. The third-order valence-corrected chi connectivity index (χ3v) is 3.17. The minimum Gasteiger partial charge on any atom is -0.480 e. The van der Waals surface area contributed by atoms with E-state index >= 15 is 0 Å². The number of aliphatic carboxylic acids is 1. The van der Waals surface area contributed by atoms with Gasteiger partial charge < -0.3 is 5.11 Å². The molecular weight excluding hydrogens is 208 g/mol. The number of allylic oxidation sites excluding steroid dienone is 3. The first-order valence-electron chi connectivity index (χ1n) is 3.35. The first-order valence-corrected chi connectivity index (χ1v) is 4.15. The quantitative estimate of drug-likeness (QED) is 0.681. The Morgan fingerprint density at radius 3 is 2.64 bits per heavy atom. The summed E-state index contributed by atoms with van der Waals surface area (Å²) in [5, 5.41) is 8.84. The molecule has 0 aromatic carbocycles. The molecule has 0 radical (unpaired) electrons. The highest BCUT2D eigenvalue weighted by molar-refractivity contribution is 9.10. The van der Waals surface area contributed by atoms with Crippen molar-refractivity contribution < 1.29 is 9.90 Å². The van der Waals surface area contributed by atoms with E-state index < -0.39 is 10.3 Å². The van der Waals surface area contributed by atoms with Crippen LogP contribution < -0.4 is 0 Å². The van der Waals surface area contributed by atoms with Crippen LogP contribution in [0, 0.1) is 5.92 Å². The normalized spacial score (nSPS) is 35.6. The second-order valence-corrected chi connectivity index (χ2v) is 3.92. The average Bonchev–Trinajstić information content (AvgIpc) is 1.95. The summed E-state index contributed by atoms with van der Waals surface area (Å²) in [4.78, 5) is 10.8. The summed E-state index contributed by atoms with van der Waals surface area (Å²) in [7, 11) is 0. The fourth-order valence-corrected chi connectivity index (χ4v) is 1.29. The monoisotopic (exact) mass is 216 g/mol. The number of halogens is 1. The molecular formula is C8H9BrO2. The minimum absolute atomic E-state index is 0.00926. The molecule has 1 aliphatic rings. The zero-order chi connectivity index (χ0) is 8.48. The highest BCUT2D eigenvalue weighted by Crippen LogP contribution is 2.33. The fraction of sp³-hybridized carbons (Fsp3) is 0.375. The summed E-state index contributed by atoms with van der Waals surface area (Å²) in [6.07, 6.45) is 7.11. The number of carboxylic acid groups (broad SMARTS) is 1. The summed E-state index contributed by atoms with van der Waals surface area (Å²) in [5.74, 6) is -0.851. The average molecular weight is 217 g/mol.